The van der Waals surface area contributed by atoms with Gasteiger partial charge >= 0.3 is 0 Å². The van der Waals surface area contributed by atoms with Gasteiger partial charge in [-0.3, -0.25) is 0 Å². The standard InChI is InChI=1S/C4H9NO2/c1-4(6)3-5(2)7/h3-4,6H,1-2H3/b5-3-/t4-/m1/s1. The van der Waals surface area contributed by atoms with Gasteiger partial charge in [-0.25, -0.2) is 4.74 Å². The van der Waals surface area contributed by atoms with Crippen molar-refractivity contribution in [2.24, 2.45) is 0 Å². The van der Waals surface area contributed by atoms with Crippen molar-refractivity contribution < 1.29 is 9.85 Å². The van der Waals surface area contributed by atoms with Gasteiger partial charge in [0.25, 0.3) is 0 Å². The summed E-state index contributed by atoms with van der Waals surface area (Å²) in [6, 6.07) is 0. The summed E-state index contributed by atoms with van der Waals surface area (Å²) in [6.45, 7) is 1.52. The highest BCUT2D eigenvalue weighted by atomic mass is 16.5. The molecule has 0 radical (unpaired) electrons. The van der Waals surface area contributed by atoms with Crippen LogP contribution in [0.15, 0.2) is 0 Å². The first-order chi connectivity index (χ1) is 3.13. The fourth-order valence-electron chi connectivity index (χ4n) is 0.304. The lowest BCUT2D eigenvalue weighted by molar-refractivity contribution is -0.420. The largest absolute Gasteiger partial charge is 0.624 e. The summed E-state index contributed by atoms with van der Waals surface area (Å²) < 4.78 is 0.574. The van der Waals surface area contributed by atoms with Crippen molar-refractivity contribution in [2.45, 2.75) is 13.0 Å². The van der Waals surface area contributed by atoms with E-state index in [-0.39, 0.29) is 0 Å². The zero-order valence-electron chi connectivity index (χ0n) is 4.46. The topological polar surface area (TPSA) is 46.3 Å². The highest BCUT2D eigenvalue weighted by Gasteiger charge is 1.89. The van der Waals surface area contributed by atoms with E-state index in [1.54, 1.807) is 0 Å². The summed E-state index contributed by atoms with van der Waals surface area (Å²) in [5, 5.41) is 18.4. The van der Waals surface area contributed by atoms with Crippen LogP contribution in [-0.2, 0) is 0 Å². The summed E-state index contributed by atoms with van der Waals surface area (Å²) in [6.07, 6.45) is 0.530. The van der Waals surface area contributed by atoms with Crippen LogP contribution in [0.3, 0.4) is 0 Å². The molecule has 7 heavy (non-hydrogen) atoms. The van der Waals surface area contributed by atoms with Crippen molar-refractivity contribution in [3.8, 4) is 0 Å². The van der Waals surface area contributed by atoms with E-state index in [1.807, 2.05) is 0 Å². The van der Waals surface area contributed by atoms with Crippen LogP contribution in [0.25, 0.3) is 0 Å². The Hall–Kier alpha value is -0.570. The lowest BCUT2D eigenvalue weighted by Crippen LogP contribution is -2.09. The maximum atomic E-state index is 9.96. The lowest BCUT2D eigenvalue weighted by atomic mass is 10.5. The predicted octanol–water partition coefficient (Wildman–Crippen LogP) is -0.422. The molecule has 0 aliphatic carbocycles. The first-order valence-electron chi connectivity index (χ1n) is 2.06. The average Bonchev–Trinajstić information content (AvgIpc) is 1.27. The maximum Gasteiger partial charge on any atom is 0.179 e. The van der Waals surface area contributed by atoms with Gasteiger partial charge in [0, 0.05) is 0 Å². The zero-order chi connectivity index (χ0) is 5.86. The summed E-state index contributed by atoms with van der Waals surface area (Å²) in [4.78, 5) is 0. The van der Waals surface area contributed by atoms with Crippen molar-refractivity contribution >= 4 is 6.21 Å². The molecule has 0 aliphatic heterocycles. The molecule has 0 saturated carbocycles. The number of hydrogen-bond acceptors (Lipinski definition) is 2. The Balaban J connectivity index is 3.45. The minimum atomic E-state index is -0.637. The Morgan fingerprint density at radius 3 is 2.29 bits per heavy atom. The molecule has 0 aliphatic rings. The quantitative estimate of drug-likeness (QED) is 0.212. The summed E-state index contributed by atoms with van der Waals surface area (Å²) >= 11 is 0. The van der Waals surface area contributed by atoms with E-state index >= 15 is 0 Å². The second kappa shape index (κ2) is 2.58. The van der Waals surface area contributed by atoms with Gasteiger partial charge in [-0.05, 0) is 6.92 Å². The van der Waals surface area contributed by atoms with Crippen molar-refractivity contribution in [2.75, 3.05) is 7.05 Å². The van der Waals surface area contributed by atoms with E-state index in [0.717, 1.165) is 0 Å². The van der Waals surface area contributed by atoms with Crippen LogP contribution in [0, 0.1) is 5.21 Å². The molecular formula is C4H9NO2. The van der Waals surface area contributed by atoms with Gasteiger partial charge in [-0.2, -0.15) is 0 Å². The molecule has 1 atom stereocenters. The van der Waals surface area contributed by atoms with E-state index < -0.39 is 6.10 Å². The number of hydrogen-bond donors (Lipinski definition) is 1. The van der Waals surface area contributed by atoms with Crippen LogP contribution in [0.1, 0.15) is 6.92 Å². The second-order valence-corrected chi connectivity index (χ2v) is 1.44. The first kappa shape index (κ1) is 6.43. The third-order valence-corrected chi connectivity index (χ3v) is 0.426. The first-order valence-corrected chi connectivity index (χ1v) is 2.06. The minimum Gasteiger partial charge on any atom is -0.624 e. The van der Waals surface area contributed by atoms with E-state index in [1.165, 1.54) is 20.2 Å². The number of hydroxylamine groups is 1. The SMILES string of the molecule is C[C@@H](O)/C=[N+](/C)[O-]. The van der Waals surface area contributed by atoms with E-state index in [9.17, 15) is 5.21 Å². The van der Waals surface area contributed by atoms with E-state index in [2.05, 4.69) is 0 Å². The Morgan fingerprint density at radius 1 is 1.86 bits per heavy atom. The number of aliphatic hydroxyl groups is 1. The Kier molecular flexibility index (Phi) is 2.37. The van der Waals surface area contributed by atoms with E-state index in [4.69, 9.17) is 5.11 Å². The van der Waals surface area contributed by atoms with Crippen LogP contribution < -0.4 is 0 Å². The monoisotopic (exact) mass is 103 g/mol. The number of nitrogens with zero attached hydrogens (tertiary/aromatic N) is 1. The molecule has 0 heterocycles. The van der Waals surface area contributed by atoms with Crippen LogP contribution in [0.5, 0.6) is 0 Å². The van der Waals surface area contributed by atoms with Crippen molar-refractivity contribution in [3.05, 3.63) is 5.21 Å². The third kappa shape index (κ3) is 5.43. The molecule has 0 aromatic heterocycles. The molecule has 0 spiro atoms. The smallest absolute Gasteiger partial charge is 0.179 e. The molecule has 0 bridgehead atoms. The zero-order valence-corrected chi connectivity index (χ0v) is 4.46. The summed E-state index contributed by atoms with van der Waals surface area (Å²) in [7, 11) is 1.33. The summed E-state index contributed by atoms with van der Waals surface area (Å²) in [5.74, 6) is 0. The Bertz CT molecular complexity index is 73.8. The molecule has 0 saturated heterocycles. The molecule has 3 nitrogen and oxygen atoms in total. The molecule has 0 rings (SSSR count). The average molecular weight is 103 g/mol. The van der Waals surface area contributed by atoms with Crippen LogP contribution >= 0.6 is 0 Å². The van der Waals surface area contributed by atoms with Gasteiger partial charge < -0.3 is 10.3 Å². The van der Waals surface area contributed by atoms with Gasteiger partial charge in [0.2, 0.25) is 0 Å². The van der Waals surface area contributed by atoms with Gasteiger partial charge in [-0.15, -0.1) is 0 Å². The molecule has 3 heteroatoms. The highest BCUT2D eigenvalue weighted by molar-refractivity contribution is 5.56. The molecular weight excluding hydrogens is 94.0 g/mol. The lowest BCUT2D eigenvalue weighted by Gasteiger charge is -1.94. The highest BCUT2D eigenvalue weighted by Crippen LogP contribution is 1.68. The Morgan fingerprint density at radius 2 is 2.29 bits per heavy atom. The molecule has 0 fully saturated rings. The second-order valence-electron chi connectivity index (χ2n) is 1.44. The van der Waals surface area contributed by atoms with Crippen LogP contribution in [0.2, 0.25) is 0 Å². The predicted molar refractivity (Wildman–Crippen MR) is 27.3 cm³/mol. The Labute approximate surface area is 42.5 Å². The molecule has 0 aromatic carbocycles. The number of aliphatic hydroxyl groups excluding tert-OH is 1. The van der Waals surface area contributed by atoms with Crippen LogP contribution in [0.4, 0.5) is 0 Å². The fraction of sp³-hybridized carbons (Fsp3) is 0.750. The fourth-order valence-corrected chi connectivity index (χ4v) is 0.304. The molecule has 0 amide bonds. The minimum absolute atomic E-state index is 0.574. The van der Waals surface area contributed by atoms with Crippen molar-refractivity contribution in [3.63, 3.8) is 0 Å². The summed E-state index contributed by atoms with van der Waals surface area (Å²) in [5.41, 5.74) is 0. The van der Waals surface area contributed by atoms with Crippen molar-refractivity contribution in [1.82, 2.24) is 0 Å². The molecule has 0 unspecified atom stereocenters. The van der Waals surface area contributed by atoms with Gasteiger partial charge in [0.15, 0.2) is 6.21 Å². The molecule has 0 aromatic rings. The normalized spacial score (nSPS) is 16.7. The van der Waals surface area contributed by atoms with Gasteiger partial charge in [0.05, 0.1) is 0 Å². The number of rotatable bonds is 1. The van der Waals surface area contributed by atoms with Gasteiger partial charge in [-0.1, -0.05) is 0 Å². The van der Waals surface area contributed by atoms with Crippen LogP contribution in [-0.4, -0.2) is 29.2 Å². The van der Waals surface area contributed by atoms with Crippen molar-refractivity contribution in [1.29, 1.82) is 0 Å². The third-order valence-electron chi connectivity index (χ3n) is 0.426. The van der Waals surface area contributed by atoms with Gasteiger partial charge in [0.1, 0.15) is 13.2 Å². The maximum absolute atomic E-state index is 9.96. The molecule has 1 N–H and O–H groups in total. The van der Waals surface area contributed by atoms with E-state index in [0.29, 0.717) is 4.74 Å². The molecule has 42 valence electrons.